The van der Waals surface area contributed by atoms with Crippen molar-refractivity contribution in [3.05, 3.63) is 0 Å². The minimum Gasteiger partial charge on any atom is -0.481 e. The van der Waals surface area contributed by atoms with Gasteiger partial charge in [-0.3, -0.25) is 4.79 Å². The third-order valence-electron chi connectivity index (χ3n) is 4.35. The first-order chi connectivity index (χ1) is 9.18. The molecule has 0 bridgehead atoms. The topological polar surface area (TPSA) is 69.6 Å². The van der Waals surface area contributed by atoms with Gasteiger partial charge in [0, 0.05) is 25.6 Å². The lowest BCUT2D eigenvalue weighted by Crippen LogP contribution is -2.45. The second kappa shape index (κ2) is 6.78. The quantitative estimate of drug-likeness (QED) is 0.751. The minimum absolute atomic E-state index is 0.000196. The van der Waals surface area contributed by atoms with Gasteiger partial charge in [0.1, 0.15) is 0 Å². The monoisotopic (exact) mass is 268 g/mol. The maximum atomic E-state index is 12.1. The number of carboxylic acids is 1. The highest BCUT2D eigenvalue weighted by Gasteiger charge is 2.35. The smallest absolute Gasteiger partial charge is 0.317 e. The Labute approximate surface area is 114 Å². The molecule has 2 aliphatic rings. The van der Waals surface area contributed by atoms with Crippen LogP contribution in [0.3, 0.4) is 0 Å². The minimum atomic E-state index is -0.806. The van der Waals surface area contributed by atoms with Gasteiger partial charge < -0.3 is 15.3 Å². The molecule has 19 heavy (non-hydrogen) atoms. The molecule has 2 amide bonds. The lowest BCUT2D eigenvalue weighted by atomic mass is 9.96. The Morgan fingerprint density at radius 3 is 2.58 bits per heavy atom. The molecule has 2 N–H and O–H groups in total. The van der Waals surface area contributed by atoms with Crippen LogP contribution >= 0.6 is 0 Å². The zero-order valence-electron chi connectivity index (χ0n) is 11.4. The van der Waals surface area contributed by atoms with E-state index in [9.17, 15) is 9.59 Å². The van der Waals surface area contributed by atoms with Crippen molar-refractivity contribution in [2.24, 2.45) is 5.92 Å². The molecule has 0 aromatic carbocycles. The molecule has 1 aliphatic heterocycles. The number of carbonyl (C=O) groups excluding carboxylic acids is 1. The lowest BCUT2D eigenvalue weighted by molar-refractivity contribution is -0.137. The molecule has 1 saturated heterocycles. The van der Waals surface area contributed by atoms with E-state index in [4.69, 9.17) is 5.11 Å². The number of carboxylic acid groups (broad SMARTS) is 1. The summed E-state index contributed by atoms with van der Waals surface area (Å²) < 4.78 is 0. The van der Waals surface area contributed by atoms with Gasteiger partial charge in [0.25, 0.3) is 0 Å². The molecule has 1 atom stereocenters. The zero-order chi connectivity index (χ0) is 13.7. The summed E-state index contributed by atoms with van der Waals surface area (Å²) in [5.41, 5.74) is 0. The molecule has 5 heteroatoms. The van der Waals surface area contributed by atoms with Crippen LogP contribution < -0.4 is 5.32 Å². The van der Waals surface area contributed by atoms with Gasteiger partial charge in [0.15, 0.2) is 0 Å². The fraction of sp³-hybridized carbons (Fsp3) is 0.857. The van der Waals surface area contributed by atoms with Crippen molar-refractivity contribution in [2.45, 2.75) is 57.4 Å². The number of rotatable bonds is 5. The molecular formula is C14H24N2O3. The number of likely N-dealkylation sites (tertiary alicyclic amines) is 1. The molecule has 0 radical (unpaired) electrons. The van der Waals surface area contributed by atoms with Gasteiger partial charge in [-0.25, -0.2) is 4.79 Å². The van der Waals surface area contributed by atoms with Gasteiger partial charge >= 0.3 is 12.0 Å². The van der Waals surface area contributed by atoms with Crippen LogP contribution in [0.4, 0.5) is 4.79 Å². The van der Waals surface area contributed by atoms with E-state index in [2.05, 4.69) is 5.32 Å². The molecule has 1 heterocycles. The van der Waals surface area contributed by atoms with Crippen molar-refractivity contribution in [1.29, 1.82) is 0 Å². The van der Waals surface area contributed by atoms with E-state index < -0.39 is 5.97 Å². The van der Waals surface area contributed by atoms with Gasteiger partial charge in [0.2, 0.25) is 0 Å². The van der Waals surface area contributed by atoms with Crippen molar-refractivity contribution in [3.8, 4) is 0 Å². The summed E-state index contributed by atoms with van der Waals surface area (Å²) in [5.74, 6) is -0.119. The van der Waals surface area contributed by atoms with E-state index in [-0.39, 0.29) is 12.5 Å². The normalized spacial score (nSPS) is 23.8. The first-order valence-electron chi connectivity index (χ1n) is 7.45. The predicted octanol–water partition coefficient (Wildman–Crippen LogP) is 2.22. The van der Waals surface area contributed by atoms with E-state index in [0.29, 0.717) is 24.9 Å². The van der Waals surface area contributed by atoms with Crippen molar-refractivity contribution in [3.63, 3.8) is 0 Å². The average Bonchev–Trinajstić information content (AvgIpc) is 3.02. The molecule has 5 nitrogen and oxygen atoms in total. The summed E-state index contributed by atoms with van der Waals surface area (Å²) in [4.78, 5) is 24.5. The number of urea groups is 1. The van der Waals surface area contributed by atoms with E-state index in [1.165, 1.54) is 25.7 Å². The highest BCUT2D eigenvalue weighted by Crippen LogP contribution is 2.35. The molecule has 0 aromatic rings. The summed E-state index contributed by atoms with van der Waals surface area (Å²) >= 11 is 0. The van der Waals surface area contributed by atoms with Crippen molar-refractivity contribution in [1.82, 2.24) is 10.2 Å². The number of hydrogen-bond donors (Lipinski definition) is 2. The van der Waals surface area contributed by atoms with Crippen LogP contribution in [0.15, 0.2) is 0 Å². The molecular weight excluding hydrogens is 244 g/mol. The lowest BCUT2D eigenvalue weighted by Gasteiger charge is -2.29. The van der Waals surface area contributed by atoms with Crippen LogP contribution in [0, 0.1) is 5.92 Å². The molecule has 2 fully saturated rings. The van der Waals surface area contributed by atoms with Crippen LogP contribution in [-0.4, -0.2) is 41.1 Å². The Morgan fingerprint density at radius 1 is 1.16 bits per heavy atom. The van der Waals surface area contributed by atoms with Crippen molar-refractivity contribution >= 4 is 12.0 Å². The molecule has 2 rings (SSSR count). The first-order valence-corrected chi connectivity index (χ1v) is 7.45. The number of nitrogens with zero attached hydrogens (tertiary/aromatic N) is 1. The average molecular weight is 268 g/mol. The number of nitrogens with one attached hydrogen (secondary N) is 1. The third-order valence-corrected chi connectivity index (χ3v) is 4.35. The second-order valence-corrected chi connectivity index (χ2v) is 5.68. The Balaban J connectivity index is 1.75. The van der Waals surface area contributed by atoms with E-state index in [1.54, 1.807) is 0 Å². The van der Waals surface area contributed by atoms with Gasteiger partial charge in [-0.2, -0.15) is 0 Å². The fourth-order valence-electron chi connectivity index (χ4n) is 3.41. The first kappa shape index (κ1) is 14.2. The van der Waals surface area contributed by atoms with Crippen LogP contribution in [0.5, 0.6) is 0 Å². The van der Waals surface area contributed by atoms with E-state index in [1.807, 2.05) is 4.90 Å². The molecule has 1 unspecified atom stereocenters. The third kappa shape index (κ3) is 3.85. The molecule has 0 spiro atoms. The summed E-state index contributed by atoms with van der Waals surface area (Å²) in [6.45, 7) is 1.31. The van der Waals surface area contributed by atoms with Crippen LogP contribution in [0.25, 0.3) is 0 Å². The zero-order valence-corrected chi connectivity index (χ0v) is 11.4. The second-order valence-electron chi connectivity index (χ2n) is 5.68. The van der Waals surface area contributed by atoms with E-state index in [0.717, 1.165) is 19.4 Å². The maximum absolute atomic E-state index is 12.1. The Morgan fingerprint density at radius 2 is 1.89 bits per heavy atom. The molecule has 1 saturated carbocycles. The highest BCUT2D eigenvalue weighted by atomic mass is 16.4. The Bertz CT molecular complexity index is 327. The molecule has 108 valence electrons. The molecule has 1 aliphatic carbocycles. The van der Waals surface area contributed by atoms with Gasteiger partial charge in [-0.1, -0.05) is 12.8 Å². The van der Waals surface area contributed by atoms with Crippen LogP contribution in [0.1, 0.15) is 51.4 Å². The SMILES string of the molecule is O=C(O)CCCNC(=O)N1CCCC1C1CCCC1. The van der Waals surface area contributed by atoms with Crippen molar-refractivity contribution in [2.75, 3.05) is 13.1 Å². The summed E-state index contributed by atoms with van der Waals surface area (Å²) in [6.07, 6.45) is 7.97. The predicted molar refractivity (Wildman–Crippen MR) is 72.0 cm³/mol. The Kier molecular flexibility index (Phi) is 5.05. The fourth-order valence-corrected chi connectivity index (χ4v) is 3.41. The standard InChI is InChI=1S/C14H24N2O3/c17-13(18)8-3-9-15-14(19)16-10-4-7-12(16)11-5-1-2-6-11/h11-12H,1-10H2,(H,15,19)(H,17,18). The number of aliphatic carboxylic acids is 1. The Hall–Kier alpha value is -1.26. The summed E-state index contributed by atoms with van der Waals surface area (Å²) in [7, 11) is 0. The molecule has 0 aromatic heterocycles. The van der Waals surface area contributed by atoms with Gasteiger partial charge in [-0.05, 0) is 38.0 Å². The van der Waals surface area contributed by atoms with Gasteiger partial charge in [-0.15, -0.1) is 0 Å². The largest absolute Gasteiger partial charge is 0.481 e. The summed E-state index contributed by atoms with van der Waals surface area (Å²) in [5, 5.41) is 11.4. The maximum Gasteiger partial charge on any atom is 0.317 e. The number of carbonyl (C=O) groups is 2. The van der Waals surface area contributed by atoms with Gasteiger partial charge in [0.05, 0.1) is 0 Å². The van der Waals surface area contributed by atoms with E-state index >= 15 is 0 Å². The summed E-state index contributed by atoms with van der Waals surface area (Å²) in [6, 6.07) is 0.418. The number of amides is 2. The van der Waals surface area contributed by atoms with Crippen molar-refractivity contribution < 1.29 is 14.7 Å². The number of hydrogen-bond acceptors (Lipinski definition) is 2. The van der Waals surface area contributed by atoms with Crippen LogP contribution in [0.2, 0.25) is 0 Å². The van der Waals surface area contributed by atoms with Crippen LogP contribution in [-0.2, 0) is 4.79 Å². The highest BCUT2D eigenvalue weighted by molar-refractivity contribution is 5.75.